The molecule has 0 saturated carbocycles. The molecule has 0 aliphatic heterocycles. The van der Waals surface area contributed by atoms with E-state index in [1.807, 2.05) is 12.1 Å². The number of aliphatic carboxylic acids is 1. The van der Waals surface area contributed by atoms with Crippen molar-refractivity contribution in [2.24, 2.45) is 0 Å². The van der Waals surface area contributed by atoms with Crippen molar-refractivity contribution in [3.8, 4) is 0 Å². The lowest BCUT2D eigenvalue weighted by Gasteiger charge is -2.25. The highest BCUT2D eigenvalue weighted by Crippen LogP contribution is 2.37. The van der Waals surface area contributed by atoms with Crippen LogP contribution in [-0.2, 0) is 14.3 Å². The van der Waals surface area contributed by atoms with Gasteiger partial charge in [0, 0.05) is 20.0 Å². The molecule has 1 N–H and O–H groups in total. The molecule has 1 aromatic carbocycles. The average Bonchev–Trinajstić information content (AvgIpc) is 2.34. The van der Waals surface area contributed by atoms with Gasteiger partial charge in [0.05, 0.1) is 18.7 Å². The largest absolute Gasteiger partial charge is 0.480 e. The van der Waals surface area contributed by atoms with E-state index in [1.54, 1.807) is 11.8 Å². The highest BCUT2D eigenvalue weighted by Gasteiger charge is 2.18. The van der Waals surface area contributed by atoms with E-state index in [4.69, 9.17) is 9.84 Å². The van der Waals surface area contributed by atoms with Gasteiger partial charge in [-0.3, -0.25) is 9.59 Å². The van der Waals surface area contributed by atoms with Crippen molar-refractivity contribution in [1.29, 1.82) is 0 Å². The van der Waals surface area contributed by atoms with Crippen molar-refractivity contribution in [3.05, 3.63) is 25.6 Å². The van der Waals surface area contributed by atoms with E-state index < -0.39 is 5.97 Å². The first-order valence-corrected chi connectivity index (χ1v) is 8.50. The second-order valence-electron chi connectivity index (χ2n) is 4.09. The maximum atomic E-state index is 11.5. The maximum Gasteiger partial charge on any atom is 0.323 e. The summed E-state index contributed by atoms with van der Waals surface area (Å²) in [5.74, 6) is -1.32. The lowest BCUT2D eigenvalue weighted by Crippen LogP contribution is -2.32. The Morgan fingerprint density at radius 2 is 1.81 bits per heavy atom. The molecule has 0 saturated heterocycles. The van der Waals surface area contributed by atoms with Crippen molar-refractivity contribution in [3.63, 3.8) is 0 Å². The van der Waals surface area contributed by atoms with Gasteiger partial charge in [0.15, 0.2) is 0 Å². The summed E-state index contributed by atoms with van der Waals surface area (Å²) in [6, 6.07) is 3.64. The smallest absolute Gasteiger partial charge is 0.323 e. The van der Waals surface area contributed by atoms with Crippen LogP contribution in [0.5, 0.6) is 0 Å². The number of carbonyl (C=O) groups excluding carboxylic acids is 1. The molecular weight excluding hydrogens is 474 g/mol. The van der Waals surface area contributed by atoms with Crippen LogP contribution in [0.3, 0.4) is 0 Å². The molecule has 0 unspecified atom stereocenters. The molecule has 0 aromatic heterocycles. The number of ether oxygens (including phenoxy) is 1. The van der Waals surface area contributed by atoms with Gasteiger partial charge in [0.1, 0.15) is 6.54 Å². The van der Waals surface area contributed by atoms with E-state index in [1.165, 1.54) is 0 Å². The zero-order valence-electron chi connectivity index (χ0n) is 11.2. The van der Waals surface area contributed by atoms with Crippen molar-refractivity contribution < 1.29 is 19.4 Å². The lowest BCUT2D eigenvalue weighted by atomic mass is 10.2. The number of benzene rings is 1. The van der Waals surface area contributed by atoms with Gasteiger partial charge in [0.2, 0.25) is 0 Å². The Morgan fingerprint density at radius 1 is 1.24 bits per heavy atom. The summed E-state index contributed by atoms with van der Waals surface area (Å²) in [5.41, 5.74) is 0.685. The molecule has 116 valence electrons. The average molecular weight is 488 g/mol. The van der Waals surface area contributed by atoms with Crippen LogP contribution in [0.4, 0.5) is 5.69 Å². The molecule has 1 aromatic rings. The highest BCUT2D eigenvalue weighted by molar-refractivity contribution is 9.11. The van der Waals surface area contributed by atoms with Crippen LogP contribution in [0.2, 0.25) is 0 Å². The van der Waals surface area contributed by atoms with Crippen molar-refractivity contribution in [2.75, 3.05) is 24.6 Å². The fourth-order valence-corrected chi connectivity index (χ4v) is 4.49. The summed E-state index contributed by atoms with van der Waals surface area (Å²) in [5, 5.41) is 9.05. The van der Waals surface area contributed by atoms with Crippen molar-refractivity contribution >= 4 is 65.4 Å². The van der Waals surface area contributed by atoms with Gasteiger partial charge in [-0.1, -0.05) is 15.9 Å². The molecule has 0 bridgehead atoms. The monoisotopic (exact) mass is 485 g/mol. The van der Waals surface area contributed by atoms with Gasteiger partial charge in [-0.05, 0) is 50.9 Å². The number of nitrogens with zero attached hydrogens (tertiary/aromatic N) is 1. The summed E-state index contributed by atoms with van der Waals surface area (Å²) in [6.45, 7) is 2.08. The zero-order chi connectivity index (χ0) is 16.0. The van der Waals surface area contributed by atoms with E-state index in [0.717, 1.165) is 13.4 Å². The number of rotatable bonds is 7. The first-order valence-electron chi connectivity index (χ1n) is 6.12. The molecule has 1 rings (SSSR count). The molecular formula is C13H14Br3NO4. The first-order chi connectivity index (χ1) is 9.85. The van der Waals surface area contributed by atoms with Gasteiger partial charge in [-0.2, -0.15) is 0 Å². The van der Waals surface area contributed by atoms with Crippen LogP contribution in [-0.4, -0.2) is 36.7 Å². The third-order valence-corrected chi connectivity index (χ3v) is 4.18. The lowest BCUT2D eigenvalue weighted by molar-refractivity contribution is -0.143. The maximum absolute atomic E-state index is 11.5. The summed E-state index contributed by atoms with van der Waals surface area (Å²) in [7, 11) is 0. The van der Waals surface area contributed by atoms with Crippen LogP contribution in [0.25, 0.3) is 0 Å². The topological polar surface area (TPSA) is 66.8 Å². The first kappa shape index (κ1) is 18.4. The molecule has 0 radical (unpaired) electrons. The third kappa shape index (κ3) is 5.96. The normalized spacial score (nSPS) is 10.3. The summed E-state index contributed by atoms with van der Waals surface area (Å²) < 4.78 is 7.18. The van der Waals surface area contributed by atoms with E-state index in [9.17, 15) is 9.59 Å². The van der Waals surface area contributed by atoms with Gasteiger partial charge in [-0.25, -0.2) is 0 Å². The molecule has 0 fully saturated rings. The minimum Gasteiger partial charge on any atom is -0.480 e. The standard InChI is InChI=1S/C13H14Br3NO4/c1-2-21-12(20)3-4-17(7-11(18)19)13-9(15)5-8(14)6-10(13)16/h5-6H,2-4,7H2,1H3,(H,18,19). The fraction of sp³-hybridized carbons (Fsp3) is 0.385. The van der Waals surface area contributed by atoms with Crippen LogP contribution < -0.4 is 4.90 Å². The van der Waals surface area contributed by atoms with Crippen molar-refractivity contribution in [1.82, 2.24) is 0 Å². The van der Waals surface area contributed by atoms with E-state index in [0.29, 0.717) is 12.3 Å². The van der Waals surface area contributed by atoms with Gasteiger partial charge in [-0.15, -0.1) is 0 Å². The fourth-order valence-electron chi connectivity index (χ4n) is 1.73. The van der Waals surface area contributed by atoms with Crippen LogP contribution in [0.15, 0.2) is 25.6 Å². The Kier molecular flexibility index (Phi) is 7.69. The Bertz CT molecular complexity index is 513. The number of hydrogen-bond acceptors (Lipinski definition) is 4. The molecule has 0 heterocycles. The summed E-state index contributed by atoms with van der Waals surface area (Å²) in [6.07, 6.45) is 0.121. The number of carbonyl (C=O) groups is 2. The van der Waals surface area contributed by atoms with E-state index in [2.05, 4.69) is 47.8 Å². The minimum atomic E-state index is -0.972. The number of halogens is 3. The van der Waals surface area contributed by atoms with E-state index >= 15 is 0 Å². The Labute approximate surface area is 148 Å². The minimum absolute atomic E-state index is 0.121. The number of anilines is 1. The molecule has 0 amide bonds. The number of carboxylic acid groups (broad SMARTS) is 1. The second kappa shape index (κ2) is 8.75. The van der Waals surface area contributed by atoms with Gasteiger partial charge in [0.25, 0.3) is 0 Å². The second-order valence-corrected chi connectivity index (χ2v) is 6.71. The van der Waals surface area contributed by atoms with Crippen LogP contribution in [0.1, 0.15) is 13.3 Å². The zero-order valence-corrected chi connectivity index (χ0v) is 16.0. The summed E-state index contributed by atoms with van der Waals surface area (Å²) >= 11 is 10.2. The molecule has 5 nitrogen and oxygen atoms in total. The Balaban J connectivity index is 2.97. The van der Waals surface area contributed by atoms with Gasteiger partial charge < -0.3 is 14.7 Å². The summed E-state index contributed by atoms with van der Waals surface area (Å²) in [4.78, 5) is 24.1. The number of esters is 1. The molecule has 0 atom stereocenters. The quantitative estimate of drug-likeness (QED) is 0.592. The van der Waals surface area contributed by atoms with Crippen molar-refractivity contribution in [2.45, 2.75) is 13.3 Å². The molecule has 8 heteroatoms. The van der Waals surface area contributed by atoms with Crippen LogP contribution in [0, 0.1) is 0 Å². The predicted molar refractivity (Wildman–Crippen MR) is 90.6 cm³/mol. The number of carboxylic acids is 1. The predicted octanol–water partition coefficient (Wildman–Crippen LogP) is 3.82. The van der Waals surface area contributed by atoms with Crippen LogP contribution >= 0.6 is 47.8 Å². The van der Waals surface area contributed by atoms with E-state index in [-0.39, 0.29) is 25.5 Å². The number of hydrogen-bond donors (Lipinski definition) is 1. The third-order valence-electron chi connectivity index (χ3n) is 2.52. The SMILES string of the molecule is CCOC(=O)CCN(CC(=O)O)c1c(Br)cc(Br)cc1Br. The Morgan fingerprint density at radius 3 is 2.29 bits per heavy atom. The molecule has 21 heavy (non-hydrogen) atoms. The Hall–Kier alpha value is -0.600. The molecule has 0 aliphatic carbocycles. The van der Waals surface area contributed by atoms with Gasteiger partial charge >= 0.3 is 11.9 Å². The molecule has 0 spiro atoms. The highest BCUT2D eigenvalue weighted by atomic mass is 79.9. The molecule has 0 aliphatic rings.